The topological polar surface area (TPSA) is 75.4 Å². The van der Waals surface area contributed by atoms with E-state index in [4.69, 9.17) is 5.11 Å². The molecule has 0 unspecified atom stereocenters. The van der Waals surface area contributed by atoms with E-state index in [0.717, 1.165) is 59.8 Å². The van der Waals surface area contributed by atoms with Gasteiger partial charge in [0, 0.05) is 30.1 Å². The third-order valence-corrected chi connectivity index (χ3v) is 6.08. The smallest absolute Gasteiger partial charge is 0.328 e. The first-order chi connectivity index (χ1) is 16.0. The molecule has 0 atom stereocenters. The third-order valence-electron chi connectivity index (χ3n) is 6.08. The Hall–Kier alpha value is -3.67. The highest BCUT2D eigenvalue weighted by Crippen LogP contribution is 2.30. The number of hydrogen-bond acceptors (Lipinski definition) is 3. The molecule has 3 aromatic rings. The molecule has 6 heteroatoms. The number of carboxylic acid groups (broad SMARTS) is 1. The Labute approximate surface area is 194 Å². The maximum atomic E-state index is 13.6. The van der Waals surface area contributed by atoms with Crippen molar-refractivity contribution in [3.8, 4) is 5.69 Å². The van der Waals surface area contributed by atoms with E-state index < -0.39 is 5.97 Å². The molecule has 0 saturated heterocycles. The molecule has 1 aliphatic rings. The van der Waals surface area contributed by atoms with Gasteiger partial charge in [0.2, 0.25) is 5.91 Å². The second-order valence-corrected chi connectivity index (χ2v) is 8.65. The lowest BCUT2D eigenvalue weighted by Gasteiger charge is -2.30. The lowest BCUT2D eigenvalue weighted by atomic mass is 9.88. The number of amides is 1. The van der Waals surface area contributed by atoms with Crippen LogP contribution >= 0.6 is 0 Å². The Morgan fingerprint density at radius 2 is 1.88 bits per heavy atom. The van der Waals surface area contributed by atoms with Crippen molar-refractivity contribution in [1.29, 1.82) is 0 Å². The van der Waals surface area contributed by atoms with E-state index in [0.29, 0.717) is 6.54 Å². The van der Waals surface area contributed by atoms with E-state index in [2.05, 4.69) is 5.10 Å². The van der Waals surface area contributed by atoms with Gasteiger partial charge in [-0.25, -0.2) is 9.48 Å². The molecule has 0 spiro atoms. The molecule has 1 fully saturated rings. The highest BCUT2D eigenvalue weighted by molar-refractivity contribution is 5.95. The SMILES string of the molecule is Cc1cc(C=CC(=O)O)cc(N(Cc2ccc(-n3cccn3)cc2)C(=O)C2CCCCC2)c1. The number of carbonyl (C=O) groups is 2. The number of rotatable bonds is 7. The molecule has 33 heavy (non-hydrogen) atoms. The van der Waals surface area contributed by atoms with E-state index >= 15 is 0 Å². The van der Waals surface area contributed by atoms with Crippen LogP contribution in [0.4, 0.5) is 5.69 Å². The Balaban J connectivity index is 1.65. The number of carbonyl (C=O) groups excluding carboxylic acids is 1. The number of anilines is 1. The van der Waals surface area contributed by atoms with Crippen LogP contribution in [-0.4, -0.2) is 26.8 Å². The second kappa shape index (κ2) is 10.3. The first-order valence-corrected chi connectivity index (χ1v) is 11.4. The molecule has 1 N–H and O–H groups in total. The fourth-order valence-corrected chi connectivity index (χ4v) is 4.44. The van der Waals surface area contributed by atoms with E-state index in [1.54, 1.807) is 17.0 Å². The zero-order valence-corrected chi connectivity index (χ0v) is 18.9. The summed E-state index contributed by atoms with van der Waals surface area (Å²) in [5.41, 5.74) is 4.53. The predicted octanol–water partition coefficient (Wildman–Crippen LogP) is 5.39. The van der Waals surface area contributed by atoms with Gasteiger partial charge in [0.05, 0.1) is 12.2 Å². The first-order valence-electron chi connectivity index (χ1n) is 11.4. The van der Waals surface area contributed by atoms with Gasteiger partial charge in [-0.2, -0.15) is 5.10 Å². The molecule has 4 rings (SSSR count). The quantitative estimate of drug-likeness (QED) is 0.497. The minimum atomic E-state index is -0.995. The van der Waals surface area contributed by atoms with Crippen LogP contribution in [0.1, 0.15) is 48.8 Å². The van der Waals surface area contributed by atoms with Gasteiger partial charge in [-0.3, -0.25) is 4.79 Å². The van der Waals surface area contributed by atoms with Gasteiger partial charge < -0.3 is 10.0 Å². The van der Waals surface area contributed by atoms with Gasteiger partial charge >= 0.3 is 5.97 Å². The number of benzene rings is 2. The maximum absolute atomic E-state index is 13.6. The molecule has 2 aromatic carbocycles. The van der Waals surface area contributed by atoms with Crippen molar-refractivity contribution in [2.45, 2.75) is 45.6 Å². The number of hydrogen-bond donors (Lipinski definition) is 1. The molecule has 6 nitrogen and oxygen atoms in total. The summed E-state index contributed by atoms with van der Waals surface area (Å²) in [5, 5.41) is 13.3. The summed E-state index contributed by atoms with van der Waals surface area (Å²) < 4.78 is 1.80. The Kier molecular flexibility index (Phi) is 7.03. The molecule has 1 aromatic heterocycles. The summed E-state index contributed by atoms with van der Waals surface area (Å²) in [5.74, 6) is -0.823. The molecule has 170 valence electrons. The molecule has 0 aliphatic heterocycles. The first kappa shape index (κ1) is 22.5. The minimum Gasteiger partial charge on any atom is -0.478 e. The third kappa shape index (κ3) is 5.77. The normalized spacial score (nSPS) is 14.5. The molecule has 1 heterocycles. The van der Waals surface area contributed by atoms with Crippen LogP contribution in [0.25, 0.3) is 11.8 Å². The van der Waals surface area contributed by atoms with Crippen LogP contribution in [0.15, 0.2) is 67.0 Å². The van der Waals surface area contributed by atoms with Crippen molar-refractivity contribution < 1.29 is 14.7 Å². The average Bonchev–Trinajstić information content (AvgIpc) is 3.36. The van der Waals surface area contributed by atoms with Crippen LogP contribution in [0, 0.1) is 12.8 Å². The van der Waals surface area contributed by atoms with Crippen molar-refractivity contribution in [2.75, 3.05) is 4.90 Å². The highest BCUT2D eigenvalue weighted by atomic mass is 16.4. The van der Waals surface area contributed by atoms with Crippen LogP contribution < -0.4 is 4.90 Å². The zero-order chi connectivity index (χ0) is 23.2. The summed E-state index contributed by atoms with van der Waals surface area (Å²) >= 11 is 0. The Morgan fingerprint density at radius 1 is 1.12 bits per heavy atom. The summed E-state index contributed by atoms with van der Waals surface area (Å²) in [6, 6.07) is 15.8. The summed E-state index contributed by atoms with van der Waals surface area (Å²) in [4.78, 5) is 26.5. The van der Waals surface area contributed by atoms with Crippen LogP contribution in [0.5, 0.6) is 0 Å². The van der Waals surface area contributed by atoms with Crippen molar-refractivity contribution in [2.24, 2.45) is 5.92 Å². The van der Waals surface area contributed by atoms with Crippen molar-refractivity contribution in [1.82, 2.24) is 9.78 Å². The average molecular weight is 444 g/mol. The van der Waals surface area contributed by atoms with Gasteiger partial charge in [-0.15, -0.1) is 0 Å². The molecule has 1 amide bonds. The molecular formula is C27H29N3O3. The van der Waals surface area contributed by atoms with Gasteiger partial charge in [-0.1, -0.05) is 37.5 Å². The molecule has 0 radical (unpaired) electrons. The summed E-state index contributed by atoms with van der Waals surface area (Å²) in [7, 11) is 0. The number of aromatic nitrogens is 2. The summed E-state index contributed by atoms with van der Waals surface area (Å²) in [6.45, 7) is 2.42. The number of nitrogens with zero attached hydrogens (tertiary/aromatic N) is 3. The molecule has 1 aliphatic carbocycles. The lowest BCUT2D eigenvalue weighted by molar-refractivity contribution is -0.131. The van der Waals surface area contributed by atoms with E-state index in [1.807, 2.05) is 66.6 Å². The fraction of sp³-hybridized carbons (Fsp3) is 0.296. The Morgan fingerprint density at radius 3 is 2.55 bits per heavy atom. The van der Waals surface area contributed by atoms with Crippen molar-refractivity contribution in [3.05, 3.63) is 83.7 Å². The molecule has 1 saturated carbocycles. The molecule has 0 bridgehead atoms. The van der Waals surface area contributed by atoms with E-state index in [1.165, 1.54) is 6.42 Å². The Bertz CT molecular complexity index is 1130. The highest BCUT2D eigenvalue weighted by Gasteiger charge is 2.27. The molecular weight excluding hydrogens is 414 g/mol. The largest absolute Gasteiger partial charge is 0.478 e. The monoisotopic (exact) mass is 443 g/mol. The summed E-state index contributed by atoms with van der Waals surface area (Å²) in [6.07, 6.45) is 11.5. The van der Waals surface area contributed by atoms with E-state index in [9.17, 15) is 9.59 Å². The maximum Gasteiger partial charge on any atom is 0.328 e. The predicted molar refractivity (Wildman–Crippen MR) is 129 cm³/mol. The number of carboxylic acids is 1. The second-order valence-electron chi connectivity index (χ2n) is 8.65. The zero-order valence-electron chi connectivity index (χ0n) is 18.9. The van der Waals surface area contributed by atoms with Crippen LogP contribution in [0.2, 0.25) is 0 Å². The van der Waals surface area contributed by atoms with Crippen LogP contribution in [-0.2, 0) is 16.1 Å². The van der Waals surface area contributed by atoms with Gasteiger partial charge in [0.1, 0.15) is 0 Å². The fourth-order valence-electron chi connectivity index (χ4n) is 4.44. The van der Waals surface area contributed by atoms with E-state index in [-0.39, 0.29) is 11.8 Å². The van der Waals surface area contributed by atoms with Gasteiger partial charge in [-0.05, 0) is 72.9 Å². The van der Waals surface area contributed by atoms with Crippen molar-refractivity contribution >= 4 is 23.6 Å². The van der Waals surface area contributed by atoms with Crippen molar-refractivity contribution in [3.63, 3.8) is 0 Å². The number of aryl methyl sites for hydroxylation is 1. The minimum absolute atomic E-state index is 0.0284. The number of aliphatic carboxylic acids is 1. The van der Waals surface area contributed by atoms with Gasteiger partial charge in [0.15, 0.2) is 0 Å². The standard InChI is InChI=1S/C27H29N3O3/c1-20-16-22(10-13-26(31)32)18-25(17-20)29(27(33)23-6-3-2-4-7-23)19-21-8-11-24(12-9-21)30-15-5-14-28-30/h5,8-18,23H,2-4,6-7,19H2,1H3,(H,31,32). The van der Waals surface area contributed by atoms with Gasteiger partial charge in [0.25, 0.3) is 0 Å². The lowest BCUT2D eigenvalue weighted by Crippen LogP contribution is -2.36. The van der Waals surface area contributed by atoms with Crippen LogP contribution in [0.3, 0.4) is 0 Å².